The maximum absolute atomic E-state index is 12.0. The molecule has 1 aliphatic rings. The summed E-state index contributed by atoms with van der Waals surface area (Å²) in [5.74, 6) is -2.69. The Balaban J connectivity index is 1.85. The van der Waals surface area contributed by atoms with E-state index < -0.39 is 35.2 Å². The number of hydrogen-bond acceptors (Lipinski definition) is 6. The first-order chi connectivity index (χ1) is 12.3. The van der Waals surface area contributed by atoms with Crippen LogP contribution in [0, 0.1) is 34.8 Å². The van der Waals surface area contributed by atoms with Gasteiger partial charge in [0.05, 0.1) is 6.42 Å². The highest BCUT2D eigenvalue weighted by molar-refractivity contribution is 5.94. The second kappa shape index (κ2) is 8.55. The zero-order chi connectivity index (χ0) is 19.3. The fourth-order valence-electron chi connectivity index (χ4n) is 3.28. The minimum absolute atomic E-state index is 0.143. The van der Waals surface area contributed by atoms with Crippen molar-refractivity contribution in [2.24, 2.45) is 17.8 Å². The first-order valence-electron chi connectivity index (χ1n) is 8.43. The van der Waals surface area contributed by atoms with Crippen molar-refractivity contribution < 1.29 is 24.0 Å². The van der Waals surface area contributed by atoms with Gasteiger partial charge in [0.25, 0.3) is 5.91 Å². The number of aryl methyl sites for hydroxylation is 1. The van der Waals surface area contributed by atoms with Gasteiger partial charge in [-0.3, -0.25) is 24.5 Å². The third-order valence-electron chi connectivity index (χ3n) is 4.71. The number of Topliss-reactive ketones (excluding diaryl/α,β-unsaturated/α-hetero) is 1. The molecular weight excluding hydrogens is 340 g/mol. The number of ether oxygens (including phenoxy) is 1. The van der Waals surface area contributed by atoms with E-state index in [1.165, 1.54) is 0 Å². The Kier molecular flexibility index (Phi) is 6.43. The van der Waals surface area contributed by atoms with Gasteiger partial charge in [0, 0.05) is 28.9 Å². The fraction of sp³-hybridized carbons (Fsp3) is 0.500. The summed E-state index contributed by atoms with van der Waals surface area (Å²) in [6.45, 7) is 2.79. The van der Waals surface area contributed by atoms with Crippen LogP contribution in [-0.4, -0.2) is 35.7 Å². The van der Waals surface area contributed by atoms with Crippen molar-refractivity contribution in [3.63, 3.8) is 0 Å². The van der Waals surface area contributed by atoms with E-state index in [0.717, 1.165) is 5.56 Å². The average Bonchev–Trinajstić information content (AvgIpc) is 2.81. The van der Waals surface area contributed by atoms with Gasteiger partial charge in [-0.1, -0.05) is 25.1 Å². The van der Waals surface area contributed by atoms with E-state index in [4.69, 9.17) is 4.74 Å². The molecule has 0 bridgehead atoms. The van der Waals surface area contributed by atoms with Crippen molar-refractivity contribution in [1.82, 2.24) is 0 Å². The smallest absolute Gasteiger partial charge is 0.307 e. The molecule has 0 heterocycles. The fourth-order valence-corrected chi connectivity index (χ4v) is 3.28. The van der Waals surface area contributed by atoms with Gasteiger partial charge >= 0.3 is 5.97 Å². The summed E-state index contributed by atoms with van der Waals surface area (Å²) in [5, 5.41) is 13.4. The van der Waals surface area contributed by atoms with E-state index in [0.29, 0.717) is 5.69 Å². The summed E-state index contributed by atoms with van der Waals surface area (Å²) in [5.41, 5.74) is 1.50. The summed E-state index contributed by atoms with van der Waals surface area (Å²) >= 11 is 0. The van der Waals surface area contributed by atoms with E-state index in [9.17, 15) is 24.5 Å². The summed E-state index contributed by atoms with van der Waals surface area (Å²) in [6, 6.07) is 7.18. The number of carbonyl (C=O) groups excluding carboxylic acids is 3. The number of hydrogen-bond donors (Lipinski definition) is 1. The monoisotopic (exact) mass is 362 g/mol. The molecule has 0 radical (unpaired) electrons. The second-order valence-electron chi connectivity index (χ2n) is 6.66. The molecule has 1 amide bonds. The molecule has 0 aliphatic heterocycles. The van der Waals surface area contributed by atoms with Gasteiger partial charge in [0.15, 0.2) is 6.61 Å². The number of nitrogens with one attached hydrogen (secondary N) is 1. The Morgan fingerprint density at radius 1 is 1.35 bits per heavy atom. The first-order valence-corrected chi connectivity index (χ1v) is 8.43. The lowest BCUT2D eigenvalue weighted by Crippen LogP contribution is -2.28. The number of nitrogens with zero attached hydrogens (tertiary/aromatic N) is 1. The third kappa shape index (κ3) is 5.11. The molecule has 8 nitrogen and oxygen atoms in total. The number of nitro groups is 1. The van der Waals surface area contributed by atoms with Crippen LogP contribution in [0.2, 0.25) is 0 Å². The van der Waals surface area contributed by atoms with Gasteiger partial charge in [-0.25, -0.2) is 0 Å². The molecule has 2 rings (SSSR count). The molecule has 3 atom stereocenters. The second-order valence-corrected chi connectivity index (χ2v) is 6.66. The SMILES string of the molecule is Cc1ccccc1NC(=O)COC(=O)C[C@@H]1C(=O)C[C@@H](C)[C@H]1C[N+](=O)[O-]. The zero-order valence-electron chi connectivity index (χ0n) is 14.8. The predicted molar refractivity (Wildman–Crippen MR) is 93.0 cm³/mol. The lowest BCUT2D eigenvalue weighted by Gasteiger charge is -2.17. The average molecular weight is 362 g/mol. The quantitative estimate of drug-likeness (QED) is 0.450. The van der Waals surface area contributed by atoms with E-state index in [1.54, 1.807) is 19.1 Å². The number of rotatable bonds is 7. The summed E-state index contributed by atoms with van der Waals surface area (Å²) in [7, 11) is 0. The van der Waals surface area contributed by atoms with Gasteiger partial charge < -0.3 is 10.1 Å². The van der Waals surface area contributed by atoms with Crippen molar-refractivity contribution in [3.8, 4) is 0 Å². The molecule has 0 spiro atoms. The number of carbonyl (C=O) groups is 3. The van der Waals surface area contributed by atoms with Gasteiger partial charge in [0.2, 0.25) is 6.54 Å². The lowest BCUT2D eigenvalue weighted by molar-refractivity contribution is -0.490. The molecule has 1 aromatic rings. The number of anilines is 1. The van der Waals surface area contributed by atoms with E-state index in [-0.39, 0.29) is 31.1 Å². The van der Waals surface area contributed by atoms with Crippen molar-refractivity contribution in [2.45, 2.75) is 26.7 Å². The summed E-state index contributed by atoms with van der Waals surface area (Å²) < 4.78 is 4.94. The number of ketones is 1. The maximum Gasteiger partial charge on any atom is 0.307 e. The van der Waals surface area contributed by atoms with Crippen LogP contribution in [0.5, 0.6) is 0 Å². The number of para-hydroxylation sites is 1. The van der Waals surface area contributed by atoms with E-state index >= 15 is 0 Å². The van der Waals surface area contributed by atoms with Gasteiger partial charge in [0.1, 0.15) is 5.78 Å². The van der Waals surface area contributed by atoms with Crippen LogP contribution in [0.3, 0.4) is 0 Å². The molecule has 26 heavy (non-hydrogen) atoms. The minimum Gasteiger partial charge on any atom is -0.456 e. The molecule has 1 aromatic carbocycles. The minimum atomic E-state index is -0.720. The normalized spacial score (nSPS) is 22.1. The maximum atomic E-state index is 12.0. The molecule has 140 valence electrons. The highest BCUT2D eigenvalue weighted by Gasteiger charge is 2.44. The Morgan fingerprint density at radius 3 is 2.69 bits per heavy atom. The first kappa shape index (κ1) is 19.6. The summed E-state index contributed by atoms with van der Waals surface area (Å²) in [4.78, 5) is 46.2. The highest BCUT2D eigenvalue weighted by atomic mass is 16.6. The number of amides is 1. The number of esters is 1. The van der Waals surface area contributed by atoms with Gasteiger partial charge in [-0.05, 0) is 24.5 Å². The van der Waals surface area contributed by atoms with Crippen molar-refractivity contribution in [2.75, 3.05) is 18.5 Å². The Labute approximate surface area is 151 Å². The third-order valence-corrected chi connectivity index (χ3v) is 4.71. The Morgan fingerprint density at radius 2 is 2.04 bits per heavy atom. The Bertz CT molecular complexity index is 717. The molecular formula is C18H22N2O6. The molecule has 0 aromatic heterocycles. The van der Waals surface area contributed by atoms with Crippen LogP contribution in [0.15, 0.2) is 24.3 Å². The van der Waals surface area contributed by atoms with Gasteiger partial charge in [-0.2, -0.15) is 0 Å². The van der Waals surface area contributed by atoms with Crippen LogP contribution in [-0.2, 0) is 19.1 Å². The molecule has 0 unspecified atom stereocenters. The standard InChI is InChI=1S/C18H22N2O6/c1-11-5-3-4-6-15(11)19-17(22)10-26-18(23)8-13-14(9-20(24)25)12(2)7-16(13)21/h3-6,12-14H,7-10H2,1-2H3,(H,19,22)/t12-,13+,14-/m1/s1. The summed E-state index contributed by atoms with van der Waals surface area (Å²) in [6.07, 6.45) is -0.0104. The molecule has 8 heteroatoms. The van der Waals surface area contributed by atoms with E-state index in [2.05, 4.69) is 5.32 Å². The predicted octanol–water partition coefficient (Wildman–Crippen LogP) is 1.98. The number of benzene rings is 1. The topological polar surface area (TPSA) is 116 Å². The Hall–Kier alpha value is -2.77. The molecule has 1 N–H and O–H groups in total. The van der Waals surface area contributed by atoms with Crippen molar-refractivity contribution >= 4 is 23.3 Å². The zero-order valence-corrected chi connectivity index (χ0v) is 14.8. The highest BCUT2D eigenvalue weighted by Crippen LogP contribution is 2.36. The van der Waals surface area contributed by atoms with E-state index in [1.807, 2.05) is 19.1 Å². The largest absolute Gasteiger partial charge is 0.456 e. The van der Waals surface area contributed by atoms with Crippen LogP contribution in [0.1, 0.15) is 25.3 Å². The van der Waals surface area contributed by atoms with Crippen LogP contribution in [0.25, 0.3) is 0 Å². The van der Waals surface area contributed by atoms with Crippen molar-refractivity contribution in [3.05, 3.63) is 39.9 Å². The van der Waals surface area contributed by atoms with Crippen LogP contribution < -0.4 is 5.32 Å². The molecule has 0 saturated heterocycles. The van der Waals surface area contributed by atoms with Crippen LogP contribution in [0.4, 0.5) is 5.69 Å². The molecule has 1 aliphatic carbocycles. The van der Waals surface area contributed by atoms with Crippen molar-refractivity contribution in [1.29, 1.82) is 0 Å². The van der Waals surface area contributed by atoms with Gasteiger partial charge in [-0.15, -0.1) is 0 Å². The molecule has 1 fully saturated rings. The lowest BCUT2D eigenvalue weighted by atomic mass is 9.88. The van der Waals surface area contributed by atoms with Crippen LogP contribution >= 0.6 is 0 Å². The molecule has 1 saturated carbocycles.